The summed E-state index contributed by atoms with van der Waals surface area (Å²) in [5, 5.41) is 7.36. The average molecular weight is 802 g/mol. The van der Waals surface area contributed by atoms with Crippen LogP contribution in [0.15, 0.2) is 84.9 Å². The van der Waals surface area contributed by atoms with Crippen LogP contribution < -0.4 is 15.4 Å². The number of para-hydroxylation sites is 2. The second-order valence-electron chi connectivity index (χ2n) is 15.7. The quantitative estimate of drug-likeness (QED) is 0.105. The average Bonchev–Trinajstić information content (AvgIpc) is 3.15. The molecule has 4 aromatic rings. The predicted molar refractivity (Wildman–Crippen MR) is 232 cm³/mol. The van der Waals surface area contributed by atoms with Crippen LogP contribution in [0.25, 0.3) is 0 Å². The number of amides is 4. The second-order valence-corrected chi connectivity index (χ2v) is 16.6. The molecule has 56 heavy (non-hydrogen) atoms. The molecule has 0 atom stereocenters. The number of nitrogens with zero attached hydrogens (tertiary/aromatic N) is 4. The van der Waals surface area contributed by atoms with Crippen molar-refractivity contribution in [3.63, 3.8) is 0 Å². The summed E-state index contributed by atoms with van der Waals surface area (Å²) in [6.45, 7) is 8.85. The largest absolute Gasteiger partial charge is 0.456 e. The number of hydrogen-bond donors (Lipinski definition) is 2. The summed E-state index contributed by atoms with van der Waals surface area (Å²) >= 11 is 12.2. The molecule has 0 spiro atoms. The van der Waals surface area contributed by atoms with Crippen molar-refractivity contribution in [1.29, 1.82) is 0 Å². The molecule has 9 nitrogen and oxygen atoms in total. The fraction of sp³-hybridized carbons (Fsp3) is 0.422. The van der Waals surface area contributed by atoms with E-state index in [0.717, 1.165) is 96.7 Å². The first kappa shape index (κ1) is 42.9. The Balaban J connectivity index is 1.28. The highest BCUT2D eigenvalue weighted by Gasteiger charge is 2.36. The highest BCUT2D eigenvalue weighted by atomic mass is 35.5. The van der Waals surface area contributed by atoms with Crippen LogP contribution in [-0.2, 0) is 18.3 Å². The van der Waals surface area contributed by atoms with Gasteiger partial charge in [0.05, 0.1) is 0 Å². The lowest BCUT2D eigenvalue weighted by molar-refractivity contribution is 0.207. The maximum atomic E-state index is 13.5. The number of halogens is 2. The molecule has 0 bridgehead atoms. The highest BCUT2D eigenvalue weighted by Crippen LogP contribution is 2.50. The zero-order valence-electron chi connectivity index (χ0n) is 33.8. The van der Waals surface area contributed by atoms with Crippen molar-refractivity contribution >= 4 is 46.6 Å². The van der Waals surface area contributed by atoms with E-state index in [1.165, 1.54) is 0 Å². The van der Waals surface area contributed by atoms with Crippen molar-refractivity contribution in [3.05, 3.63) is 117 Å². The first-order chi connectivity index (χ1) is 26.8. The van der Waals surface area contributed by atoms with Gasteiger partial charge in [0.1, 0.15) is 11.5 Å². The van der Waals surface area contributed by atoms with Crippen LogP contribution in [0.2, 0.25) is 10.0 Å². The van der Waals surface area contributed by atoms with E-state index in [1.807, 2.05) is 62.3 Å². The molecular weight excluding hydrogens is 743 g/mol. The number of benzene rings is 4. The molecule has 4 aromatic carbocycles. The van der Waals surface area contributed by atoms with Crippen LogP contribution in [0.5, 0.6) is 11.5 Å². The molecule has 5 rings (SSSR count). The summed E-state index contributed by atoms with van der Waals surface area (Å²) in [5.74, 6) is 1.82. The van der Waals surface area contributed by atoms with Crippen molar-refractivity contribution in [1.82, 2.24) is 19.6 Å². The van der Waals surface area contributed by atoms with E-state index in [2.05, 4.69) is 70.7 Å². The number of urea groups is 2. The van der Waals surface area contributed by atoms with E-state index >= 15 is 0 Å². The Morgan fingerprint density at radius 2 is 0.929 bits per heavy atom. The Morgan fingerprint density at radius 3 is 1.30 bits per heavy atom. The van der Waals surface area contributed by atoms with Crippen LogP contribution in [-0.4, -0.2) is 99.1 Å². The number of hydrogen-bond acceptors (Lipinski definition) is 5. The van der Waals surface area contributed by atoms with Gasteiger partial charge in [-0.2, -0.15) is 0 Å². The minimum atomic E-state index is -0.275. The third kappa shape index (κ3) is 11.9. The molecule has 0 radical (unpaired) electrons. The zero-order valence-corrected chi connectivity index (χ0v) is 35.3. The van der Waals surface area contributed by atoms with Crippen molar-refractivity contribution in [2.75, 3.05) is 78.1 Å². The molecule has 0 fully saturated rings. The summed E-state index contributed by atoms with van der Waals surface area (Å²) in [5.41, 5.74) is 5.75. The number of ether oxygens (including phenoxy) is 1. The second kappa shape index (κ2) is 20.2. The minimum Gasteiger partial charge on any atom is -0.456 e. The van der Waals surface area contributed by atoms with Gasteiger partial charge in [0, 0.05) is 64.1 Å². The van der Waals surface area contributed by atoms with Gasteiger partial charge in [-0.3, -0.25) is 0 Å². The van der Waals surface area contributed by atoms with Crippen molar-refractivity contribution in [2.45, 2.75) is 57.8 Å². The van der Waals surface area contributed by atoms with Crippen LogP contribution in [0.3, 0.4) is 0 Å². The topological polar surface area (TPSA) is 80.4 Å². The number of nitrogens with one attached hydrogen (secondary N) is 2. The fourth-order valence-electron chi connectivity index (χ4n) is 7.21. The third-order valence-corrected chi connectivity index (χ3v) is 10.8. The molecule has 1 aliphatic heterocycles. The molecular formula is C45H58Cl2N6O3. The molecule has 0 saturated carbocycles. The summed E-state index contributed by atoms with van der Waals surface area (Å²) in [6.07, 6.45) is 4.84. The number of carbonyl (C=O) groups excluding carboxylic acids is 2. The number of rotatable bonds is 18. The fourth-order valence-corrected chi connectivity index (χ4v) is 7.47. The number of aryl methyl sites for hydroxylation is 2. The van der Waals surface area contributed by atoms with E-state index < -0.39 is 0 Å². The van der Waals surface area contributed by atoms with Gasteiger partial charge in [-0.15, -0.1) is 0 Å². The van der Waals surface area contributed by atoms with Crippen molar-refractivity contribution < 1.29 is 14.3 Å². The van der Waals surface area contributed by atoms with E-state index in [0.29, 0.717) is 36.2 Å². The summed E-state index contributed by atoms with van der Waals surface area (Å²) in [7, 11) is 8.19. The molecule has 300 valence electrons. The standard InChI is InChI=1S/C45H58Cl2N6O3/c1-45(2)39-17-7-13-33(15-9-29-52(31-11-27-50(3)4)43(54)48-37-23-19-35(46)20-24-37)41(39)56-42-34(14-8-18-40(42)45)16-10-30-53(32-12-28-51(5)6)44(55)49-38-25-21-36(47)22-26-38/h7-8,13-14,17-26H,9-12,15-16,27-32H2,1-6H3,(H,48,54)(H,49,55). The highest BCUT2D eigenvalue weighted by molar-refractivity contribution is 6.31. The first-order valence-electron chi connectivity index (χ1n) is 19.7. The lowest BCUT2D eigenvalue weighted by Gasteiger charge is -2.36. The minimum absolute atomic E-state index is 0.115. The Kier molecular flexibility index (Phi) is 15.5. The van der Waals surface area contributed by atoms with Crippen molar-refractivity contribution in [3.8, 4) is 11.5 Å². The third-order valence-electron chi connectivity index (χ3n) is 10.3. The lowest BCUT2D eigenvalue weighted by atomic mass is 9.74. The SMILES string of the molecule is CN(C)CCCN(CCCc1cccc2c1Oc1c(CCCN(CCCN(C)C)C(=O)Nc3ccc(Cl)cc3)cccc1C2(C)C)C(=O)Nc1ccc(Cl)cc1. The molecule has 1 heterocycles. The van der Waals surface area contributed by atoms with E-state index in [1.54, 1.807) is 24.3 Å². The Hall–Kier alpha value is -4.28. The first-order valence-corrected chi connectivity index (χ1v) is 20.4. The monoisotopic (exact) mass is 800 g/mol. The normalized spacial score (nSPS) is 12.8. The van der Waals surface area contributed by atoms with E-state index in [4.69, 9.17) is 27.9 Å². The molecule has 0 aliphatic carbocycles. The molecule has 1 aliphatic rings. The number of fused-ring (bicyclic) bond motifs is 2. The molecule has 0 aromatic heterocycles. The van der Waals surface area contributed by atoms with Gasteiger partial charge in [0.15, 0.2) is 0 Å². The Morgan fingerprint density at radius 1 is 0.554 bits per heavy atom. The maximum Gasteiger partial charge on any atom is 0.321 e. The van der Waals surface area contributed by atoms with Gasteiger partial charge in [0.25, 0.3) is 0 Å². The predicted octanol–water partition coefficient (Wildman–Crippen LogP) is 10.3. The molecule has 4 amide bonds. The maximum absolute atomic E-state index is 13.5. The van der Waals surface area contributed by atoms with Gasteiger partial charge < -0.3 is 35.0 Å². The van der Waals surface area contributed by atoms with Gasteiger partial charge in [-0.25, -0.2) is 9.59 Å². The van der Waals surface area contributed by atoms with Crippen LogP contribution >= 0.6 is 23.2 Å². The van der Waals surface area contributed by atoms with Gasteiger partial charge >= 0.3 is 12.1 Å². The summed E-state index contributed by atoms with van der Waals surface area (Å²) < 4.78 is 6.93. The summed E-state index contributed by atoms with van der Waals surface area (Å²) in [6, 6.07) is 27.1. The smallest absolute Gasteiger partial charge is 0.321 e. The molecule has 11 heteroatoms. The van der Waals surface area contributed by atoms with Crippen LogP contribution in [0.4, 0.5) is 21.0 Å². The van der Waals surface area contributed by atoms with Crippen LogP contribution in [0, 0.1) is 0 Å². The number of carbonyl (C=O) groups is 2. The summed E-state index contributed by atoms with van der Waals surface area (Å²) in [4.78, 5) is 35.0. The Labute approximate surface area is 343 Å². The lowest BCUT2D eigenvalue weighted by Crippen LogP contribution is -2.37. The van der Waals surface area contributed by atoms with Gasteiger partial charge in [0.2, 0.25) is 0 Å². The van der Waals surface area contributed by atoms with Gasteiger partial charge in [-0.1, -0.05) is 73.4 Å². The Bertz CT molecular complexity index is 1760. The molecule has 0 unspecified atom stereocenters. The van der Waals surface area contributed by atoms with E-state index in [-0.39, 0.29) is 17.5 Å². The van der Waals surface area contributed by atoms with Crippen LogP contribution in [0.1, 0.15) is 61.8 Å². The molecule has 2 N–H and O–H groups in total. The zero-order chi connectivity index (χ0) is 40.2. The van der Waals surface area contributed by atoms with Crippen molar-refractivity contribution in [2.24, 2.45) is 0 Å². The van der Waals surface area contributed by atoms with Gasteiger partial charge in [-0.05, 0) is 139 Å². The molecule has 0 saturated heterocycles. The van der Waals surface area contributed by atoms with E-state index in [9.17, 15) is 9.59 Å². The number of anilines is 2.